The van der Waals surface area contributed by atoms with E-state index in [4.69, 9.17) is 4.74 Å². The van der Waals surface area contributed by atoms with Crippen molar-refractivity contribution in [2.75, 3.05) is 6.54 Å². The second-order valence-corrected chi connectivity index (χ2v) is 7.08. The fourth-order valence-electron chi connectivity index (χ4n) is 4.53. The Kier molecular flexibility index (Phi) is 4.25. The molecule has 0 amide bonds. The van der Waals surface area contributed by atoms with E-state index < -0.39 is 29.0 Å². The van der Waals surface area contributed by atoms with Gasteiger partial charge in [-0.05, 0) is 44.8 Å². The van der Waals surface area contributed by atoms with Gasteiger partial charge in [-0.15, -0.1) is 0 Å². The zero-order valence-electron chi connectivity index (χ0n) is 13.2. The fourth-order valence-corrected chi connectivity index (χ4v) is 4.62. The summed E-state index contributed by atoms with van der Waals surface area (Å²) in [7, 11) is 0. The molecule has 0 bridgehead atoms. The van der Waals surface area contributed by atoms with Gasteiger partial charge >= 0.3 is 5.97 Å². The molecule has 1 N–H and O–H groups in total. The first-order chi connectivity index (χ1) is 11.0. The van der Waals surface area contributed by atoms with E-state index in [1.807, 2.05) is 12.2 Å². The van der Waals surface area contributed by atoms with Gasteiger partial charge < -0.3 is 9.84 Å². The predicted octanol–water partition coefficient (Wildman–Crippen LogP) is 2.09. The number of Topliss-reactive ketones (excluding diaryl/α,β-unsaturated/α-hetero) is 1. The highest BCUT2D eigenvalue weighted by molar-refractivity contribution is 7.78. The maximum absolute atomic E-state index is 12.5. The standard InChI is InChI=1S/C17H21NO4S/c1-16-12(7-8-18-10-23)13(19)9-17(16,15(21)22-16)14(20)11-5-3-2-4-6-11/h3,5,11-12,14,20H,2,4,6-9H2,1H3/t11-,12+,14+,16+,17-/m1/s1. The zero-order chi connectivity index (χ0) is 16.7. The lowest BCUT2D eigenvalue weighted by atomic mass is 9.60. The summed E-state index contributed by atoms with van der Waals surface area (Å²) in [5.74, 6) is -1.01. The maximum Gasteiger partial charge on any atom is 0.319 e. The molecule has 0 unspecified atom stereocenters. The smallest absolute Gasteiger partial charge is 0.319 e. The van der Waals surface area contributed by atoms with Gasteiger partial charge in [0.05, 0.1) is 23.7 Å². The number of aliphatic hydroxyl groups is 1. The summed E-state index contributed by atoms with van der Waals surface area (Å²) in [6.07, 6.45) is 6.46. The monoisotopic (exact) mass is 335 g/mol. The molecule has 1 saturated heterocycles. The number of rotatable bonds is 5. The SMILES string of the molecule is C[C@@]12OC(=O)[C@]1([C@@H](O)[C@@H]1C=CCCC1)CC(=O)[C@@H]2CCN=C=S. The Bertz CT molecular complexity index is 612. The van der Waals surface area contributed by atoms with Crippen LogP contribution in [0.4, 0.5) is 0 Å². The minimum atomic E-state index is -1.11. The first-order valence-corrected chi connectivity index (χ1v) is 8.52. The van der Waals surface area contributed by atoms with Crippen LogP contribution < -0.4 is 0 Å². The van der Waals surface area contributed by atoms with Crippen LogP contribution in [0.15, 0.2) is 17.1 Å². The van der Waals surface area contributed by atoms with Crippen LogP contribution in [0, 0.1) is 17.3 Å². The molecule has 1 aliphatic heterocycles. The molecule has 0 aromatic carbocycles. The number of aliphatic imine (C=N–C) groups is 1. The van der Waals surface area contributed by atoms with Crippen LogP contribution in [-0.4, -0.2) is 40.3 Å². The van der Waals surface area contributed by atoms with Gasteiger partial charge in [-0.25, -0.2) is 4.99 Å². The average Bonchev–Trinajstić information content (AvgIpc) is 2.72. The molecule has 1 heterocycles. The fraction of sp³-hybridized carbons (Fsp3) is 0.706. The highest BCUT2D eigenvalue weighted by Crippen LogP contribution is 2.62. The van der Waals surface area contributed by atoms with Crippen molar-refractivity contribution in [2.45, 2.75) is 50.7 Å². The van der Waals surface area contributed by atoms with E-state index in [-0.39, 0.29) is 18.1 Å². The highest BCUT2D eigenvalue weighted by atomic mass is 32.1. The molecular formula is C17H21NO4S. The number of nitrogens with zero attached hydrogens (tertiary/aromatic N) is 1. The van der Waals surface area contributed by atoms with E-state index >= 15 is 0 Å². The van der Waals surface area contributed by atoms with Gasteiger partial charge in [0.2, 0.25) is 0 Å². The Morgan fingerprint density at radius 2 is 2.35 bits per heavy atom. The summed E-state index contributed by atoms with van der Waals surface area (Å²) in [6, 6.07) is 0. The van der Waals surface area contributed by atoms with E-state index in [9.17, 15) is 14.7 Å². The molecule has 124 valence electrons. The minimum absolute atomic E-state index is 0.0308. The Labute approximate surface area is 140 Å². The molecule has 5 nitrogen and oxygen atoms in total. The molecular weight excluding hydrogens is 314 g/mol. The lowest BCUT2D eigenvalue weighted by molar-refractivity contribution is -0.263. The third-order valence-corrected chi connectivity index (χ3v) is 5.99. The van der Waals surface area contributed by atoms with E-state index in [2.05, 4.69) is 22.4 Å². The first-order valence-electron chi connectivity index (χ1n) is 8.12. The molecule has 3 rings (SSSR count). The van der Waals surface area contributed by atoms with E-state index in [1.54, 1.807) is 6.92 Å². The summed E-state index contributed by atoms with van der Waals surface area (Å²) in [5.41, 5.74) is -2.05. The Balaban J connectivity index is 1.89. The van der Waals surface area contributed by atoms with Crippen molar-refractivity contribution in [3.05, 3.63) is 12.2 Å². The van der Waals surface area contributed by atoms with Crippen molar-refractivity contribution in [1.82, 2.24) is 0 Å². The van der Waals surface area contributed by atoms with Crippen molar-refractivity contribution >= 4 is 29.1 Å². The molecule has 1 saturated carbocycles. The minimum Gasteiger partial charge on any atom is -0.457 e. The number of thiocarbonyl (C=S) groups is 1. The van der Waals surface area contributed by atoms with Crippen molar-refractivity contribution in [2.24, 2.45) is 22.2 Å². The summed E-state index contributed by atoms with van der Waals surface area (Å²) in [5, 5.41) is 13.2. The van der Waals surface area contributed by atoms with Crippen LogP contribution in [0.1, 0.15) is 39.0 Å². The van der Waals surface area contributed by atoms with Gasteiger partial charge in [-0.3, -0.25) is 9.59 Å². The predicted molar refractivity (Wildman–Crippen MR) is 87.0 cm³/mol. The van der Waals surface area contributed by atoms with E-state index in [0.717, 1.165) is 19.3 Å². The molecule has 6 heteroatoms. The third-order valence-electron chi connectivity index (χ3n) is 5.86. The van der Waals surface area contributed by atoms with Gasteiger partial charge in [0.1, 0.15) is 16.8 Å². The average molecular weight is 335 g/mol. The molecule has 0 spiro atoms. The maximum atomic E-state index is 12.5. The molecule has 0 radical (unpaired) electrons. The van der Waals surface area contributed by atoms with Crippen LogP contribution in [0.3, 0.4) is 0 Å². The molecule has 5 atom stereocenters. The number of fused-ring (bicyclic) bond motifs is 1. The number of carbonyl (C=O) groups is 2. The summed E-state index contributed by atoms with van der Waals surface area (Å²) >= 11 is 4.55. The third kappa shape index (κ3) is 2.24. The number of hydrogen-bond donors (Lipinski definition) is 1. The first kappa shape index (κ1) is 16.5. The summed E-state index contributed by atoms with van der Waals surface area (Å²) in [4.78, 5) is 28.7. The van der Waals surface area contributed by atoms with Crippen molar-refractivity contribution < 1.29 is 19.4 Å². The number of ketones is 1. The number of ether oxygens (including phenoxy) is 1. The van der Waals surface area contributed by atoms with Gasteiger partial charge in [0.15, 0.2) is 0 Å². The summed E-state index contributed by atoms with van der Waals surface area (Å²) in [6.45, 7) is 2.16. The number of aliphatic hydroxyl groups excluding tert-OH is 1. The lowest BCUT2D eigenvalue weighted by Gasteiger charge is -2.55. The van der Waals surface area contributed by atoms with Gasteiger partial charge in [-0.1, -0.05) is 12.2 Å². The molecule has 2 fully saturated rings. The van der Waals surface area contributed by atoms with Crippen molar-refractivity contribution in [1.29, 1.82) is 0 Å². The van der Waals surface area contributed by atoms with Crippen LogP contribution in [0.2, 0.25) is 0 Å². The number of hydrogen-bond acceptors (Lipinski definition) is 6. The largest absolute Gasteiger partial charge is 0.457 e. The van der Waals surface area contributed by atoms with Crippen LogP contribution in [0.25, 0.3) is 0 Å². The Morgan fingerprint density at radius 3 is 2.96 bits per heavy atom. The molecule has 0 aromatic rings. The molecule has 2 aliphatic carbocycles. The van der Waals surface area contributed by atoms with Gasteiger partial charge in [0.25, 0.3) is 0 Å². The number of carbonyl (C=O) groups excluding carboxylic acids is 2. The van der Waals surface area contributed by atoms with E-state index in [1.165, 1.54) is 0 Å². The topological polar surface area (TPSA) is 76.0 Å². The van der Waals surface area contributed by atoms with Gasteiger partial charge in [-0.2, -0.15) is 0 Å². The number of allylic oxidation sites excluding steroid dienone is 1. The quantitative estimate of drug-likeness (QED) is 0.360. The molecule has 23 heavy (non-hydrogen) atoms. The van der Waals surface area contributed by atoms with E-state index in [0.29, 0.717) is 13.0 Å². The lowest BCUT2D eigenvalue weighted by Crippen LogP contribution is -2.70. The van der Waals surface area contributed by atoms with Gasteiger partial charge in [0, 0.05) is 12.3 Å². The number of esters is 1. The number of isothiocyanates is 1. The Hall–Kier alpha value is -1.36. The van der Waals surface area contributed by atoms with Crippen molar-refractivity contribution in [3.63, 3.8) is 0 Å². The van der Waals surface area contributed by atoms with Crippen molar-refractivity contribution in [3.8, 4) is 0 Å². The normalized spacial score (nSPS) is 39.9. The van der Waals surface area contributed by atoms with Crippen LogP contribution in [0.5, 0.6) is 0 Å². The second-order valence-electron chi connectivity index (χ2n) is 6.89. The summed E-state index contributed by atoms with van der Waals surface area (Å²) < 4.78 is 5.45. The second kappa shape index (κ2) is 5.93. The zero-order valence-corrected chi connectivity index (χ0v) is 14.0. The molecule has 3 aliphatic rings. The molecule has 0 aromatic heterocycles. The highest BCUT2D eigenvalue weighted by Gasteiger charge is 2.78. The van der Waals surface area contributed by atoms with Crippen LogP contribution >= 0.6 is 12.2 Å². The van der Waals surface area contributed by atoms with Crippen LogP contribution in [-0.2, 0) is 14.3 Å². The Morgan fingerprint density at radius 1 is 1.57 bits per heavy atom.